The van der Waals surface area contributed by atoms with Crippen LogP contribution in [0.5, 0.6) is 5.75 Å². The molecule has 6 heteroatoms. The highest BCUT2D eigenvalue weighted by atomic mass is 32.2. The van der Waals surface area contributed by atoms with Crippen molar-refractivity contribution in [3.8, 4) is 16.9 Å². The van der Waals surface area contributed by atoms with Crippen LogP contribution in [0.15, 0.2) is 63.2 Å². The molecule has 130 valence electrons. The molecule has 3 aromatic rings. The van der Waals surface area contributed by atoms with Gasteiger partial charge in [0, 0.05) is 17.7 Å². The first-order valence-electron chi connectivity index (χ1n) is 7.96. The van der Waals surface area contributed by atoms with Crippen molar-refractivity contribution in [2.75, 3.05) is 5.75 Å². The van der Waals surface area contributed by atoms with Crippen molar-refractivity contribution in [1.82, 2.24) is 0 Å². The third-order valence-electron chi connectivity index (χ3n) is 4.34. The number of phenols is 1. The molecule has 0 saturated carbocycles. The number of carboxylic acid groups (broad SMARTS) is 1. The Morgan fingerprint density at radius 2 is 1.92 bits per heavy atom. The second-order valence-corrected chi connectivity index (χ2v) is 6.94. The fourth-order valence-electron chi connectivity index (χ4n) is 3.04. The van der Waals surface area contributed by atoms with E-state index in [0.29, 0.717) is 27.9 Å². The van der Waals surface area contributed by atoms with E-state index in [0.717, 1.165) is 5.75 Å². The summed E-state index contributed by atoms with van der Waals surface area (Å²) in [6, 6.07) is 10.6. The summed E-state index contributed by atoms with van der Waals surface area (Å²) in [7, 11) is 0. The lowest BCUT2D eigenvalue weighted by Crippen LogP contribution is -2.12. The number of allylic oxidation sites excluding steroid dienone is 1. The van der Waals surface area contributed by atoms with E-state index < -0.39 is 5.97 Å². The van der Waals surface area contributed by atoms with Crippen molar-refractivity contribution in [2.45, 2.75) is 5.92 Å². The summed E-state index contributed by atoms with van der Waals surface area (Å²) in [5.74, 6) is 0.230. The summed E-state index contributed by atoms with van der Waals surface area (Å²) in [5.41, 5.74) is 1.33. The summed E-state index contributed by atoms with van der Waals surface area (Å²) in [6.45, 7) is 0. The molecule has 1 aliphatic rings. The monoisotopic (exact) mass is 366 g/mol. The van der Waals surface area contributed by atoms with Crippen molar-refractivity contribution in [2.24, 2.45) is 0 Å². The second kappa shape index (κ2) is 6.38. The lowest BCUT2D eigenvalue weighted by Gasteiger charge is -2.14. The van der Waals surface area contributed by atoms with Crippen LogP contribution in [0.2, 0.25) is 0 Å². The third-order valence-corrected chi connectivity index (χ3v) is 5.24. The van der Waals surface area contributed by atoms with Gasteiger partial charge in [0.15, 0.2) is 0 Å². The maximum absolute atomic E-state index is 13.1. The Morgan fingerprint density at radius 1 is 1.15 bits per heavy atom. The maximum Gasteiger partial charge on any atom is 0.335 e. The first kappa shape index (κ1) is 16.5. The van der Waals surface area contributed by atoms with E-state index in [1.807, 2.05) is 11.5 Å². The molecule has 1 aliphatic heterocycles. The SMILES string of the molecule is O=C(O)c1ccc(-c2c(C3C=CSC3)oc3cc(O)ccc3c2=O)cc1. The van der Waals surface area contributed by atoms with Crippen LogP contribution < -0.4 is 5.43 Å². The van der Waals surface area contributed by atoms with E-state index in [2.05, 4.69) is 0 Å². The van der Waals surface area contributed by atoms with Gasteiger partial charge in [0.05, 0.1) is 16.5 Å². The highest BCUT2D eigenvalue weighted by Gasteiger charge is 2.24. The van der Waals surface area contributed by atoms with Crippen LogP contribution in [-0.2, 0) is 0 Å². The summed E-state index contributed by atoms with van der Waals surface area (Å²) >= 11 is 1.63. The van der Waals surface area contributed by atoms with Crippen LogP contribution in [0.1, 0.15) is 22.0 Å². The summed E-state index contributed by atoms with van der Waals surface area (Å²) in [5, 5.41) is 21.1. The van der Waals surface area contributed by atoms with E-state index in [1.54, 1.807) is 23.9 Å². The normalized spacial score (nSPS) is 16.2. The van der Waals surface area contributed by atoms with Crippen molar-refractivity contribution in [3.63, 3.8) is 0 Å². The lowest BCUT2D eigenvalue weighted by atomic mass is 9.95. The molecule has 26 heavy (non-hydrogen) atoms. The fourth-order valence-corrected chi connectivity index (χ4v) is 3.92. The molecule has 0 radical (unpaired) electrons. The molecule has 0 fully saturated rings. The number of rotatable bonds is 3. The molecule has 0 bridgehead atoms. The molecule has 1 atom stereocenters. The van der Waals surface area contributed by atoms with Gasteiger partial charge in [-0.15, -0.1) is 11.8 Å². The molecule has 0 saturated heterocycles. The third kappa shape index (κ3) is 2.78. The molecule has 0 aliphatic carbocycles. The number of fused-ring (bicyclic) bond motifs is 1. The average molecular weight is 366 g/mol. The molecule has 2 aromatic carbocycles. The highest BCUT2D eigenvalue weighted by molar-refractivity contribution is 8.02. The number of aromatic carboxylic acids is 1. The minimum absolute atomic E-state index is 0.0292. The van der Waals surface area contributed by atoms with Crippen LogP contribution >= 0.6 is 11.8 Å². The van der Waals surface area contributed by atoms with Crippen LogP contribution in [-0.4, -0.2) is 21.9 Å². The van der Waals surface area contributed by atoms with E-state index in [1.165, 1.54) is 30.3 Å². The Labute approximate surface area is 152 Å². The van der Waals surface area contributed by atoms with Gasteiger partial charge in [-0.25, -0.2) is 4.79 Å². The van der Waals surface area contributed by atoms with Gasteiger partial charge in [-0.1, -0.05) is 18.2 Å². The Bertz CT molecular complexity index is 1100. The first-order chi connectivity index (χ1) is 12.5. The number of hydrogen-bond donors (Lipinski definition) is 2. The average Bonchev–Trinajstić information content (AvgIpc) is 3.16. The molecule has 4 rings (SSSR count). The van der Waals surface area contributed by atoms with Gasteiger partial charge < -0.3 is 14.6 Å². The number of phenolic OH excluding ortho intramolecular Hbond substituents is 1. The number of carboxylic acids is 1. The van der Waals surface area contributed by atoms with Gasteiger partial charge in [-0.2, -0.15) is 0 Å². The molecule has 2 heterocycles. The largest absolute Gasteiger partial charge is 0.508 e. The number of carbonyl (C=O) groups is 1. The smallest absolute Gasteiger partial charge is 0.335 e. The number of thioether (sulfide) groups is 1. The summed E-state index contributed by atoms with van der Waals surface area (Å²) in [4.78, 5) is 24.2. The van der Waals surface area contributed by atoms with Crippen LogP contribution in [0.3, 0.4) is 0 Å². The minimum atomic E-state index is -1.02. The molecule has 5 nitrogen and oxygen atoms in total. The van der Waals surface area contributed by atoms with E-state index >= 15 is 0 Å². The van der Waals surface area contributed by atoms with Gasteiger partial charge in [0.2, 0.25) is 5.43 Å². The Kier molecular flexibility index (Phi) is 4.05. The zero-order valence-corrected chi connectivity index (χ0v) is 14.3. The van der Waals surface area contributed by atoms with E-state index in [-0.39, 0.29) is 22.7 Å². The van der Waals surface area contributed by atoms with Crippen LogP contribution in [0, 0.1) is 0 Å². The van der Waals surface area contributed by atoms with Gasteiger partial charge in [0.25, 0.3) is 0 Å². The standard InChI is InChI=1S/C20H14O5S/c21-14-5-6-15-16(9-14)25-19(13-7-8-26-10-13)17(18(15)22)11-1-3-12(4-2-11)20(23)24/h1-9,13,21H,10H2,(H,23,24). The molecule has 0 spiro atoms. The predicted octanol–water partition coefficient (Wildman–Crippen LogP) is 4.21. The van der Waals surface area contributed by atoms with Crippen molar-refractivity contribution in [3.05, 3.63) is 75.5 Å². The summed E-state index contributed by atoms with van der Waals surface area (Å²) < 4.78 is 6.03. The first-order valence-corrected chi connectivity index (χ1v) is 9.01. The molecule has 0 amide bonds. The van der Waals surface area contributed by atoms with E-state index in [9.17, 15) is 14.7 Å². The Hall–Kier alpha value is -2.99. The lowest BCUT2D eigenvalue weighted by molar-refractivity contribution is 0.0697. The fraction of sp³-hybridized carbons (Fsp3) is 0.100. The molecule has 1 unspecified atom stereocenters. The van der Waals surface area contributed by atoms with Crippen molar-refractivity contribution < 1.29 is 19.4 Å². The quantitative estimate of drug-likeness (QED) is 0.722. The van der Waals surface area contributed by atoms with Crippen LogP contribution in [0.4, 0.5) is 0 Å². The zero-order chi connectivity index (χ0) is 18.3. The van der Waals surface area contributed by atoms with E-state index in [4.69, 9.17) is 9.52 Å². The minimum Gasteiger partial charge on any atom is -0.508 e. The topological polar surface area (TPSA) is 87.7 Å². The molecule has 2 N–H and O–H groups in total. The molecule has 1 aromatic heterocycles. The van der Waals surface area contributed by atoms with Gasteiger partial charge in [0.1, 0.15) is 17.1 Å². The highest BCUT2D eigenvalue weighted by Crippen LogP contribution is 2.36. The van der Waals surface area contributed by atoms with Gasteiger partial charge in [-0.05, 0) is 35.2 Å². The maximum atomic E-state index is 13.1. The Morgan fingerprint density at radius 3 is 2.58 bits per heavy atom. The zero-order valence-electron chi connectivity index (χ0n) is 13.5. The van der Waals surface area contributed by atoms with Gasteiger partial charge in [-0.3, -0.25) is 4.79 Å². The summed E-state index contributed by atoms with van der Waals surface area (Å²) in [6.07, 6.45) is 1.98. The Balaban J connectivity index is 1.99. The van der Waals surface area contributed by atoms with Crippen molar-refractivity contribution >= 4 is 28.7 Å². The van der Waals surface area contributed by atoms with Gasteiger partial charge >= 0.3 is 5.97 Å². The predicted molar refractivity (Wildman–Crippen MR) is 101 cm³/mol. The number of hydrogen-bond acceptors (Lipinski definition) is 5. The molecular formula is C20H14O5S. The van der Waals surface area contributed by atoms with Crippen LogP contribution in [0.25, 0.3) is 22.1 Å². The number of aromatic hydroxyl groups is 1. The number of benzene rings is 2. The molecular weight excluding hydrogens is 352 g/mol. The van der Waals surface area contributed by atoms with Crippen molar-refractivity contribution in [1.29, 1.82) is 0 Å². The second-order valence-electron chi connectivity index (χ2n) is 6.00.